The summed E-state index contributed by atoms with van der Waals surface area (Å²) >= 11 is 0. The number of benzene rings is 2. The summed E-state index contributed by atoms with van der Waals surface area (Å²) in [5.41, 5.74) is 6.04. The average Bonchev–Trinajstić information content (AvgIpc) is 2.42. The topological polar surface area (TPSA) is 63.4 Å². The third-order valence-electron chi connectivity index (χ3n) is 3.15. The van der Waals surface area contributed by atoms with E-state index in [1.54, 1.807) is 6.92 Å². The van der Waals surface area contributed by atoms with Crippen LogP contribution in [0.3, 0.4) is 0 Å². The van der Waals surface area contributed by atoms with Gasteiger partial charge in [-0.15, -0.1) is 0 Å². The van der Waals surface area contributed by atoms with Gasteiger partial charge in [-0.05, 0) is 36.8 Å². The quantitative estimate of drug-likeness (QED) is 0.886. The van der Waals surface area contributed by atoms with E-state index in [1.807, 2.05) is 0 Å². The first kappa shape index (κ1) is 15.2. The second-order valence-corrected chi connectivity index (χ2v) is 6.50. The second-order valence-electron chi connectivity index (χ2n) is 4.56. The van der Waals surface area contributed by atoms with Crippen molar-refractivity contribution in [2.24, 2.45) is 0 Å². The number of aryl methyl sites for hydroxylation is 1. The van der Waals surface area contributed by atoms with Gasteiger partial charge in [-0.1, -0.05) is 12.1 Å². The van der Waals surface area contributed by atoms with Gasteiger partial charge >= 0.3 is 0 Å². The SMILES string of the molecule is Cc1cc(F)c(S(=O)(=O)N(C)c2ccccc2F)cc1N. The van der Waals surface area contributed by atoms with Gasteiger partial charge in [0.2, 0.25) is 0 Å². The van der Waals surface area contributed by atoms with Crippen LogP contribution in [0, 0.1) is 18.6 Å². The van der Waals surface area contributed by atoms with Crippen LogP contribution >= 0.6 is 0 Å². The predicted octanol–water partition coefficient (Wildman–Crippen LogP) is 2.68. The molecule has 0 atom stereocenters. The summed E-state index contributed by atoms with van der Waals surface area (Å²) in [4.78, 5) is -0.587. The van der Waals surface area contributed by atoms with E-state index in [2.05, 4.69) is 0 Å². The Hall–Kier alpha value is -2.15. The number of hydrogen-bond donors (Lipinski definition) is 1. The van der Waals surface area contributed by atoms with Crippen LogP contribution in [0.25, 0.3) is 0 Å². The molecule has 2 aromatic rings. The molecule has 0 spiro atoms. The fourth-order valence-electron chi connectivity index (χ4n) is 1.85. The summed E-state index contributed by atoms with van der Waals surface area (Å²) in [6.45, 7) is 1.56. The zero-order chi connectivity index (χ0) is 15.8. The Labute approximate surface area is 121 Å². The Kier molecular flexibility index (Phi) is 3.87. The molecule has 7 heteroatoms. The summed E-state index contributed by atoms with van der Waals surface area (Å²) in [5.74, 6) is -1.64. The number of sulfonamides is 1. The first-order valence-corrected chi connectivity index (χ1v) is 7.48. The minimum atomic E-state index is -4.25. The molecule has 0 unspecified atom stereocenters. The Balaban J connectivity index is 2.58. The van der Waals surface area contributed by atoms with E-state index in [4.69, 9.17) is 5.73 Å². The normalized spacial score (nSPS) is 11.4. The van der Waals surface area contributed by atoms with Crippen molar-refractivity contribution in [3.63, 3.8) is 0 Å². The molecular formula is C14H14F2N2O2S. The molecule has 0 bridgehead atoms. The fraction of sp³-hybridized carbons (Fsp3) is 0.143. The van der Waals surface area contributed by atoms with Gasteiger partial charge in [0.05, 0.1) is 5.69 Å². The van der Waals surface area contributed by atoms with E-state index in [0.717, 1.165) is 25.2 Å². The van der Waals surface area contributed by atoms with Crippen molar-refractivity contribution in [2.45, 2.75) is 11.8 Å². The Bertz CT molecular complexity index is 792. The lowest BCUT2D eigenvalue weighted by molar-refractivity contribution is 0.563. The minimum Gasteiger partial charge on any atom is -0.398 e. The number of nitrogens with zero attached hydrogens (tertiary/aromatic N) is 1. The van der Waals surface area contributed by atoms with E-state index >= 15 is 0 Å². The van der Waals surface area contributed by atoms with Crippen LogP contribution in [0.1, 0.15) is 5.56 Å². The third kappa shape index (κ3) is 2.69. The summed E-state index contributed by atoms with van der Waals surface area (Å²) in [6.07, 6.45) is 0. The van der Waals surface area contributed by atoms with Crippen LogP contribution in [0.15, 0.2) is 41.3 Å². The molecule has 0 saturated heterocycles. The van der Waals surface area contributed by atoms with E-state index in [1.165, 1.54) is 18.2 Å². The second kappa shape index (κ2) is 5.33. The van der Waals surface area contributed by atoms with Crippen molar-refractivity contribution in [3.8, 4) is 0 Å². The van der Waals surface area contributed by atoms with Crippen LogP contribution < -0.4 is 10.0 Å². The standard InChI is InChI=1S/C14H14F2N2O2S/c1-9-7-11(16)14(8-12(9)17)21(19,20)18(2)13-6-4-3-5-10(13)15/h3-8H,17H2,1-2H3. The molecule has 0 aliphatic carbocycles. The lowest BCUT2D eigenvalue weighted by atomic mass is 10.2. The molecule has 0 heterocycles. The number of rotatable bonds is 3. The van der Waals surface area contributed by atoms with Gasteiger partial charge in [-0.3, -0.25) is 4.31 Å². The molecule has 0 aromatic heterocycles. The smallest absolute Gasteiger partial charge is 0.267 e. The third-order valence-corrected chi connectivity index (χ3v) is 4.94. The number of para-hydroxylation sites is 1. The molecule has 0 saturated carbocycles. The zero-order valence-electron chi connectivity index (χ0n) is 11.5. The largest absolute Gasteiger partial charge is 0.398 e. The number of hydrogen-bond acceptors (Lipinski definition) is 3. The maximum Gasteiger partial charge on any atom is 0.267 e. The number of anilines is 2. The Morgan fingerprint density at radius 3 is 2.33 bits per heavy atom. The average molecular weight is 312 g/mol. The molecular weight excluding hydrogens is 298 g/mol. The molecule has 112 valence electrons. The Morgan fingerprint density at radius 2 is 1.71 bits per heavy atom. The number of halogens is 2. The lowest BCUT2D eigenvalue weighted by Gasteiger charge is -2.20. The lowest BCUT2D eigenvalue weighted by Crippen LogP contribution is -2.28. The van der Waals surface area contributed by atoms with Gasteiger partial charge in [0.25, 0.3) is 10.0 Å². The van der Waals surface area contributed by atoms with Gasteiger partial charge in [0.1, 0.15) is 16.5 Å². The van der Waals surface area contributed by atoms with Gasteiger partial charge in [0.15, 0.2) is 0 Å². The van der Waals surface area contributed by atoms with Crippen molar-refractivity contribution in [1.82, 2.24) is 0 Å². The van der Waals surface area contributed by atoms with E-state index in [0.29, 0.717) is 9.87 Å². The van der Waals surface area contributed by atoms with E-state index in [9.17, 15) is 17.2 Å². The van der Waals surface area contributed by atoms with Crippen LogP contribution in [0.4, 0.5) is 20.2 Å². The van der Waals surface area contributed by atoms with Crippen LogP contribution in [-0.2, 0) is 10.0 Å². The fourth-order valence-corrected chi connectivity index (χ4v) is 3.13. The van der Waals surface area contributed by atoms with Crippen LogP contribution in [0.2, 0.25) is 0 Å². The van der Waals surface area contributed by atoms with Crippen LogP contribution in [0.5, 0.6) is 0 Å². The highest BCUT2D eigenvalue weighted by atomic mass is 32.2. The molecule has 0 amide bonds. The van der Waals surface area contributed by atoms with Gasteiger partial charge in [-0.25, -0.2) is 17.2 Å². The first-order chi connectivity index (χ1) is 9.75. The van der Waals surface area contributed by atoms with E-state index < -0.39 is 26.6 Å². The summed E-state index contributed by atoms with van der Waals surface area (Å²) in [5, 5.41) is 0. The molecule has 2 rings (SSSR count). The van der Waals surface area contributed by atoms with Gasteiger partial charge in [0, 0.05) is 12.7 Å². The molecule has 2 N–H and O–H groups in total. The number of nitrogen functional groups attached to an aromatic ring is 1. The molecule has 4 nitrogen and oxygen atoms in total. The summed E-state index contributed by atoms with van der Waals surface area (Å²) in [6, 6.07) is 7.42. The highest BCUT2D eigenvalue weighted by Crippen LogP contribution is 2.28. The van der Waals surface area contributed by atoms with Crippen LogP contribution in [-0.4, -0.2) is 15.5 Å². The molecule has 0 radical (unpaired) electrons. The van der Waals surface area contributed by atoms with E-state index in [-0.39, 0.29) is 11.4 Å². The summed E-state index contributed by atoms with van der Waals surface area (Å²) < 4.78 is 53.2. The molecule has 0 aliphatic heterocycles. The monoisotopic (exact) mass is 312 g/mol. The predicted molar refractivity (Wildman–Crippen MR) is 77.5 cm³/mol. The van der Waals surface area contributed by atoms with Crippen molar-refractivity contribution in [2.75, 3.05) is 17.1 Å². The number of nitrogens with two attached hydrogens (primary N) is 1. The minimum absolute atomic E-state index is 0.150. The first-order valence-electron chi connectivity index (χ1n) is 6.04. The Morgan fingerprint density at radius 1 is 1.10 bits per heavy atom. The van der Waals surface area contributed by atoms with Gasteiger partial charge < -0.3 is 5.73 Å². The molecule has 21 heavy (non-hydrogen) atoms. The van der Waals surface area contributed by atoms with Crippen molar-refractivity contribution >= 4 is 21.4 Å². The summed E-state index contributed by atoms with van der Waals surface area (Å²) in [7, 11) is -3.09. The highest BCUT2D eigenvalue weighted by molar-refractivity contribution is 7.92. The maximum atomic E-state index is 13.9. The molecule has 0 aliphatic rings. The maximum absolute atomic E-state index is 13.9. The molecule has 0 fully saturated rings. The molecule has 2 aromatic carbocycles. The van der Waals surface area contributed by atoms with Gasteiger partial charge in [-0.2, -0.15) is 0 Å². The van der Waals surface area contributed by atoms with Crippen molar-refractivity contribution < 1.29 is 17.2 Å². The van der Waals surface area contributed by atoms with Crippen molar-refractivity contribution in [3.05, 3.63) is 53.6 Å². The zero-order valence-corrected chi connectivity index (χ0v) is 12.3. The van der Waals surface area contributed by atoms with Crippen molar-refractivity contribution in [1.29, 1.82) is 0 Å². The highest BCUT2D eigenvalue weighted by Gasteiger charge is 2.27.